The molecule has 1 aromatic rings. The van der Waals surface area contributed by atoms with Crippen molar-refractivity contribution >= 4 is 29.0 Å². The van der Waals surface area contributed by atoms with Gasteiger partial charge in [0.1, 0.15) is 0 Å². The Morgan fingerprint density at radius 2 is 1.88 bits per heavy atom. The highest BCUT2D eigenvalue weighted by atomic mass is 32.2. The average molecular weight is 363 g/mol. The Labute approximate surface area is 150 Å². The van der Waals surface area contributed by atoms with E-state index < -0.39 is 4.92 Å². The smallest absolute Gasteiger partial charge is 0.271 e. The fourth-order valence-electron chi connectivity index (χ4n) is 3.82. The third kappa shape index (κ3) is 3.32. The number of nitrogens with zero attached hydrogens (tertiary/aromatic N) is 3. The van der Waals surface area contributed by atoms with Gasteiger partial charge in [-0.2, -0.15) is 11.8 Å². The number of nitro groups is 1. The van der Waals surface area contributed by atoms with Gasteiger partial charge in [-0.15, -0.1) is 0 Å². The number of hydrogen-bond acceptors (Lipinski definition) is 6. The van der Waals surface area contributed by atoms with E-state index in [1.54, 1.807) is 12.1 Å². The van der Waals surface area contributed by atoms with Crippen molar-refractivity contribution in [1.29, 1.82) is 0 Å². The van der Waals surface area contributed by atoms with Crippen LogP contribution in [0.5, 0.6) is 0 Å². The maximum Gasteiger partial charge on any atom is 0.271 e. The summed E-state index contributed by atoms with van der Waals surface area (Å²) in [4.78, 5) is 27.8. The summed E-state index contributed by atoms with van der Waals surface area (Å²) in [6.45, 7) is 2.84. The monoisotopic (exact) mass is 363 g/mol. The molecule has 1 aromatic carbocycles. The van der Waals surface area contributed by atoms with Gasteiger partial charge in [0.15, 0.2) is 0 Å². The second kappa shape index (κ2) is 6.84. The minimum Gasteiger partial charge on any atom is -0.371 e. The van der Waals surface area contributed by atoms with Crippen LogP contribution in [0, 0.1) is 10.1 Å². The van der Waals surface area contributed by atoms with Crippen molar-refractivity contribution < 1.29 is 14.5 Å². The number of amides is 1. The number of benzene rings is 1. The van der Waals surface area contributed by atoms with E-state index in [1.165, 1.54) is 6.07 Å². The average Bonchev–Trinajstić information content (AvgIpc) is 2.99. The molecule has 3 aliphatic rings. The topological polar surface area (TPSA) is 75.9 Å². The maximum atomic E-state index is 13.0. The Kier molecular flexibility index (Phi) is 4.56. The van der Waals surface area contributed by atoms with Crippen molar-refractivity contribution in [2.45, 2.75) is 25.0 Å². The number of fused-ring (bicyclic) bond motifs is 2. The van der Waals surface area contributed by atoms with E-state index in [9.17, 15) is 14.9 Å². The second-order valence-electron chi connectivity index (χ2n) is 6.73. The van der Waals surface area contributed by atoms with E-state index in [-0.39, 0.29) is 23.8 Å². The first-order valence-corrected chi connectivity index (χ1v) is 9.83. The summed E-state index contributed by atoms with van der Waals surface area (Å²) in [6, 6.07) is 4.61. The van der Waals surface area contributed by atoms with Gasteiger partial charge in [-0.3, -0.25) is 14.9 Å². The summed E-state index contributed by atoms with van der Waals surface area (Å²) < 4.78 is 5.87. The van der Waals surface area contributed by atoms with E-state index in [2.05, 4.69) is 4.90 Å². The normalized spacial score (nSPS) is 25.9. The van der Waals surface area contributed by atoms with Crippen LogP contribution in [0.15, 0.2) is 18.2 Å². The predicted molar refractivity (Wildman–Crippen MR) is 96.4 cm³/mol. The SMILES string of the molecule is O=C(c1ccc([N+](=O)[O-])cc1N1CC2CCC(C1)O2)N1CCSCC1. The number of carbonyl (C=O) groups excluding carboxylic acids is 1. The molecule has 2 atom stereocenters. The van der Waals surface area contributed by atoms with Gasteiger partial charge in [0.25, 0.3) is 11.6 Å². The lowest BCUT2D eigenvalue weighted by molar-refractivity contribution is -0.384. The van der Waals surface area contributed by atoms with Crippen molar-refractivity contribution in [3.63, 3.8) is 0 Å². The van der Waals surface area contributed by atoms with Gasteiger partial charge >= 0.3 is 0 Å². The lowest BCUT2D eigenvalue weighted by Gasteiger charge is -2.35. The molecule has 0 aromatic heterocycles. The summed E-state index contributed by atoms with van der Waals surface area (Å²) in [5, 5.41) is 11.2. The summed E-state index contributed by atoms with van der Waals surface area (Å²) in [6.07, 6.45) is 2.35. The fourth-order valence-corrected chi connectivity index (χ4v) is 4.73. The highest BCUT2D eigenvalue weighted by Crippen LogP contribution is 2.34. The number of hydrogen-bond donors (Lipinski definition) is 0. The Balaban J connectivity index is 1.67. The minimum absolute atomic E-state index is 0.0240. The molecule has 0 aliphatic carbocycles. The molecule has 3 saturated heterocycles. The van der Waals surface area contributed by atoms with E-state index >= 15 is 0 Å². The van der Waals surface area contributed by atoms with Gasteiger partial charge in [0, 0.05) is 49.8 Å². The Bertz CT molecular complexity index is 680. The first-order valence-electron chi connectivity index (χ1n) is 8.67. The third-order valence-electron chi connectivity index (χ3n) is 5.11. The lowest BCUT2D eigenvalue weighted by atomic mass is 10.1. The molecule has 2 bridgehead atoms. The Hall–Kier alpha value is -1.80. The van der Waals surface area contributed by atoms with Gasteiger partial charge in [-0.05, 0) is 18.9 Å². The van der Waals surface area contributed by atoms with Crippen LogP contribution < -0.4 is 4.90 Å². The van der Waals surface area contributed by atoms with Crippen LogP contribution >= 0.6 is 11.8 Å². The first-order chi connectivity index (χ1) is 12.1. The van der Waals surface area contributed by atoms with E-state index in [0.29, 0.717) is 24.3 Å². The van der Waals surface area contributed by atoms with Gasteiger partial charge < -0.3 is 14.5 Å². The molecular weight excluding hydrogens is 342 g/mol. The summed E-state index contributed by atoms with van der Waals surface area (Å²) in [5.41, 5.74) is 1.27. The number of rotatable bonds is 3. The molecule has 134 valence electrons. The molecule has 1 amide bonds. The van der Waals surface area contributed by atoms with Crippen LogP contribution in [-0.4, -0.2) is 65.6 Å². The zero-order valence-corrected chi connectivity index (χ0v) is 14.7. The van der Waals surface area contributed by atoms with Crippen molar-refractivity contribution in [2.75, 3.05) is 42.6 Å². The molecule has 8 heteroatoms. The Morgan fingerprint density at radius 1 is 1.20 bits per heavy atom. The quantitative estimate of drug-likeness (QED) is 0.605. The van der Waals surface area contributed by atoms with Gasteiger partial charge in [0.05, 0.1) is 28.4 Å². The largest absolute Gasteiger partial charge is 0.371 e. The van der Waals surface area contributed by atoms with Crippen LogP contribution in [-0.2, 0) is 4.74 Å². The van der Waals surface area contributed by atoms with Crippen molar-refractivity contribution in [3.8, 4) is 0 Å². The van der Waals surface area contributed by atoms with Gasteiger partial charge in [0.2, 0.25) is 0 Å². The first kappa shape index (κ1) is 16.7. The van der Waals surface area contributed by atoms with Crippen LogP contribution in [0.25, 0.3) is 0 Å². The molecule has 7 nitrogen and oxygen atoms in total. The van der Waals surface area contributed by atoms with Crippen molar-refractivity contribution in [2.24, 2.45) is 0 Å². The van der Waals surface area contributed by atoms with Crippen LogP contribution in [0.1, 0.15) is 23.2 Å². The molecule has 2 unspecified atom stereocenters. The number of carbonyl (C=O) groups is 1. The zero-order chi connectivity index (χ0) is 17.4. The number of ether oxygens (including phenoxy) is 1. The standard InChI is InChI=1S/C17H21N3O4S/c21-17(18-5-7-25-8-6-18)15-4-1-12(20(22)23)9-16(15)19-10-13-2-3-14(11-19)24-13/h1,4,9,13-14H,2-3,5-8,10-11H2. The van der Waals surface area contributed by atoms with Crippen LogP contribution in [0.3, 0.4) is 0 Å². The molecule has 25 heavy (non-hydrogen) atoms. The molecule has 3 fully saturated rings. The zero-order valence-electron chi connectivity index (χ0n) is 13.9. The molecular formula is C17H21N3O4S. The number of non-ortho nitro benzene ring substituents is 1. The van der Waals surface area contributed by atoms with E-state index in [1.807, 2.05) is 16.7 Å². The van der Waals surface area contributed by atoms with Crippen molar-refractivity contribution in [1.82, 2.24) is 4.90 Å². The van der Waals surface area contributed by atoms with Crippen LogP contribution in [0.2, 0.25) is 0 Å². The highest BCUT2D eigenvalue weighted by Gasteiger charge is 2.36. The molecule has 0 saturated carbocycles. The van der Waals surface area contributed by atoms with Gasteiger partial charge in [-0.25, -0.2) is 0 Å². The lowest BCUT2D eigenvalue weighted by Crippen LogP contribution is -2.44. The fraction of sp³-hybridized carbons (Fsp3) is 0.588. The van der Waals surface area contributed by atoms with Gasteiger partial charge in [-0.1, -0.05) is 0 Å². The molecule has 0 radical (unpaired) electrons. The summed E-state index contributed by atoms with van der Waals surface area (Å²) in [7, 11) is 0. The van der Waals surface area contributed by atoms with Crippen molar-refractivity contribution in [3.05, 3.63) is 33.9 Å². The molecule has 3 heterocycles. The van der Waals surface area contributed by atoms with E-state index in [0.717, 1.165) is 37.4 Å². The Morgan fingerprint density at radius 3 is 2.52 bits per heavy atom. The maximum absolute atomic E-state index is 13.0. The third-order valence-corrected chi connectivity index (χ3v) is 6.05. The van der Waals surface area contributed by atoms with Crippen LogP contribution in [0.4, 0.5) is 11.4 Å². The highest BCUT2D eigenvalue weighted by molar-refractivity contribution is 7.99. The molecule has 4 rings (SSSR count). The summed E-state index contributed by atoms with van der Waals surface area (Å²) in [5.74, 6) is 1.86. The summed E-state index contributed by atoms with van der Waals surface area (Å²) >= 11 is 1.85. The number of nitro benzene ring substituents is 1. The molecule has 0 N–H and O–H groups in total. The number of morpholine rings is 1. The molecule has 3 aliphatic heterocycles. The predicted octanol–water partition coefficient (Wildman–Crippen LogP) is 2.15. The minimum atomic E-state index is -0.398. The second-order valence-corrected chi connectivity index (χ2v) is 7.95. The number of thioether (sulfide) groups is 1. The molecule has 0 spiro atoms. The van der Waals surface area contributed by atoms with E-state index in [4.69, 9.17) is 4.74 Å². The number of anilines is 1.